The van der Waals surface area contributed by atoms with Crippen molar-refractivity contribution >= 4 is 27.5 Å². The highest BCUT2D eigenvalue weighted by Crippen LogP contribution is 2.27. The molecule has 0 aliphatic carbocycles. The number of hydrogen-bond donors (Lipinski definition) is 1. The van der Waals surface area contributed by atoms with Crippen molar-refractivity contribution in [3.8, 4) is 6.07 Å². The van der Waals surface area contributed by atoms with E-state index < -0.39 is 0 Å². The molecule has 1 heterocycles. The Morgan fingerprint density at radius 3 is 2.94 bits per heavy atom. The van der Waals surface area contributed by atoms with Crippen molar-refractivity contribution in [3.05, 3.63) is 28.2 Å². The summed E-state index contributed by atoms with van der Waals surface area (Å²) in [5.74, 6) is 0.0947. The van der Waals surface area contributed by atoms with Crippen LogP contribution in [0, 0.1) is 11.3 Å². The number of hydrogen-bond acceptors (Lipinski definition) is 3. The van der Waals surface area contributed by atoms with Gasteiger partial charge in [-0.1, -0.05) is 0 Å². The minimum Gasteiger partial charge on any atom is -0.368 e. The van der Waals surface area contributed by atoms with Crippen molar-refractivity contribution in [2.45, 2.75) is 6.42 Å². The molecular weight excluding hydrogens is 282 g/mol. The number of carbonyl (C=O) groups is 1. The van der Waals surface area contributed by atoms with Gasteiger partial charge in [0.2, 0.25) is 5.91 Å². The molecule has 0 bridgehead atoms. The molecule has 0 spiro atoms. The molecule has 5 heteroatoms. The first-order valence-corrected chi connectivity index (χ1v) is 6.21. The Kier molecular flexibility index (Phi) is 3.64. The summed E-state index contributed by atoms with van der Waals surface area (Å²) in [5.41, 5.74) is 1.66. The summed E-state index contributed by atoms with van der Waals surface area (Å²) in [4.78, 5) is 13.4. The normalized spacial score (nSPS) is 16.0. The summed E-state index contributed by atoms with van der Waals surface area (Å²) in [7, 11) is 0. The minimum atomic E-state index is 0.0947. The topological polar surface area (TPSA) is 56.1 Å². The van der Waals surface area contributed by atoms with Gasteiger partial charge in [0.15, 0.2) is 0 Å². The van der Waals surface area contributed by atoms with Crippen LogP contribution in [0.1, 0.15) is 12.0 Å². The molecule has 0 unspecified atom stereocenters. The lowest BCUT2D eigenvalue weighted by atomic mass is 10.2. The van der Waals surface area contributed by atoms with Crippen LogP contribution in [0.2, 0.25) is 0 Å². The van der Waals surface area contributed by atoms with Gasteiger partial charge in [-0.2, -0.15) is 5.26 Å². The molecule has 1 N–H and O–H groups in total. The quantitative estimate of drug-likeness (QED) is 0.857. The van der Waals surface area contributed by atoms with Crippen LogP contribution in [-0.2, 0) is 4.79 Å². The summed E-state index contributed by atoms with van der Waals surface area (Å²) >= 11 is 3.47. The zero-order valence-corrected chi connectivity index (χ0v) is 10.8. The lowest BCUT2D eigenvalue weighted by molar-refractivity contribution is -0.120. The maximum absolute atomic E-state index is 11.3. The van der Waals surface area contributed by atoms with Gasteiger partial charge < -0.3 is 10.2 Å². The van der Waals surface area contributed by atoms with Gasteiger partial charge >= 0.3 is 0 Å². The number of nitriles is 1. The van der Waals surface area contributed by atoms with Crippen LogP contribution in [0.5, 0.6) is 0 Å². The molecule has 0 saturated carbocycles. The van der Waals surface area contributed by atoms with E-state index in [-0.39, 0.29) is 5.91 Å². The van der Waals surface area contributed by atoms with Gasteiger partial charge in [-0.15, -0.1) is 0 Å². The van der Waals surface area contributed by atoms with Crippen molar-refractivity contribution < 1.29 is 4.79 Å². The van der Waals surface area contributed by atoms with Gasteiger partial charge in [-0.25, -0.2) is 0 Å². The summed E-state index contributed by atoms with van der Waals surface area (Å²) in [5, 5.41) is 11.6. The number of amides is 1. The van der Waals surface area contributed by atoms with Gasteiger partial charge in [-0.05, 0) is 34.1 Å². The Hall–Kier alpha value is -1.54. The molecule has 2 rings (SSSR count). The Morgan fingerprint density at radius 2 is 2.24 bits per heavy atom. The molecule has 88 valence electrons. The van der Waals surface area contributed by atoms with Gasteiger partial charge in [0, 0.05) is 30.5 Å². The number of benzene rings is 1. The van der Waals surface area contributed by atoms with Crippen molar-refractivity contribution in [3.63, 3.8) is 0 Å². The van der Waals surface area contributed by atoms with E-state index in [2.05, 4.69) is 32.2 Å². The van der Waals surface area contributed by atoms with Crippen LogP contribution in [0.3, 0.4) is 0 Å². The number of nitrogens with one attached hydrogen (secondary N) is 1. The second-order valence-corrected chi connectivity index (χ2v) is 4.72. The fraction of sp³-hybridized carbons (Fsp3) is 0.333. The van der Waals surface area contributed by atoms with Crippen molar-refractivity contribution in [2.24, 2.45) is 0 Å². The molecular formula is C12H12BrN3O. The third kappa shape index (κ3) is 2.77. The zero-order valence-electron chi connectivity index (χ0n) is 9.24. The Balaban J connectivity index is 2.22. The number of halogens is 1. The first-order chi connectivity index (χ1) is 8.20. The van der Waals surface area contributed by atoms with E-state index in [1.54, 1.807) is 12.1 Å². The third-order valence-electron chi connectivity index (χ3n) is 2.73. The number of anilines is 1. The average Bonchev–Trinajstić information content (AvgIpc) is 2.54. The minimum absolute atomic E-state index is 0.0947. The van der Waals surface area contributed by atoms with Crippen LogP contribution < -0.4 is 10.2 Å². The molecule has 0 atom stereocenters. The second-order valence-electron chi connectivity index (χ2n) is 3.86. The lowest BCUT2D eigenvalue weighted by Crippen LogP contribution is -2.28. The van der Waals surface area contributed by atoms with Gasteiger partial charge in [-0.3, -0.25) is 4.79 Å². The van der Waals surface area contributed by atoms with E-state index in [4.69, 9.17) is 5.26 Å². The maximum atomic E-state index is 11.3. The predicted octanol–water partition coefficient (Wildman–Crippen LogP) is 1.65. The van der Waals surface area contributed by atoms with Gasteiger partial charge in [0.1, 0.15) is 0 Å². The molecule has 0 aromatic heterocycles. The molecule has 1 aliphatic heterocycles. The van der Waals surface area contributed by atoms with Crippen LogP contribution in [-0.4, -0.2) is 25.5 Å². The highest BCUT2D eigenvalue weighted by molar-refractivity contribution is 9.10. The summed E-state index contributed by atoms with van der Waals surface area (Å²) in [6.45, 7) is 2.15. The Bertz CT molecular complexity index is 481. The van der Waals surface area contributed by atoms with E-state index in [1.165, 1.54) is 0 Å². The second kappa shape index (κ2) is 5.19. The summed E-state index contributed by atoms with van der Waals surface area (Å²) < 4.78 is 0.894. The number of carbonyl (C=O) groups excluding carboxylic acids is 1. The first-order valence-electron chi connectivity index (χ1n) is 5.42. The van der Waals surface area contributed by atoms with Crippen LogP contribution in [0.4, 0.5) is 5.69 Å². The molecule has 1 fully saturated rings. The molecule has 1 aromatic rings. The SMILES string of the molecule is N#Cc1ccc(N2CCNC(=O)CC2)c(Br)c1. The largest absolute Gasteiger partial charge is 0.368 e. The standard InChI is InChI=1S/C12H12BrN3O/c13-10-7-9(8-14)1-2-11(10)16-5-3-12(17)15-4-6-16/h1-2,7H,3-6H2,(H,15,17). The van der Waals surface area contributed by atoms with E-state index in [9.17, 15) is 4.79 Å². The number of rotatable bonds is 1. The smallest absolute Gasteiger partial charge is 0.221 e. The summed E-state index contributed by atoms with van der Waals surface area (Å²) in [6, 6.07) is 7.61. The van der Waals surface area contributed by atoms with E-state index in [0.717, 1.165) is 16.7 Å². The van der Waals surface area contributed by atoms with Crippen LogP contribution >= 0.6 is 15.9 Å². The molecule has 1 saturated heterocycles. The van der Waals surface area contributed by atoms with E-state index in [0.29, 0.717) is 25.1 Å². The third-order valence-corrected chi connectivity index (χ3v) is 3.37. The van der Waals surface area contributed by atoms with Gasteiger partial charge in [0.25, 0.3) is 0 Å². The molecule has 4 nitrogen and oxygen atoms in total. The maximum Gasteiger partial charge on any atom is 0.221 e. The Morgan fingerprint density at radius 1 is 1.41 bits per heavy atom. The zero-order chi connectivity index (χ0) is 12.3. The molecule has 0 radical (unpaired) electrons. The van der Waals surface area contributed by atoms with Gasteiger partial charge in [0.05, 0.1) is 17.3 Å². The molecule has 17 heavy (non-hydrogen) atoms. The fourth-order valence-corrected chi connectivity index (χ4v) is 2.47. The highest BCUT2D eigenvalue weighted by atomic mass is 79.9. The molecule has 1 aliphatic rings. The summed E-state index contributed by atoms with van der Waals surface area (Å²) in [6.07, 6.45) is 0.506. The van der Waals surface area contributed by atoms with E-state index in [1.807, 2.05) is 6.07 Å². The van der Waals surface area contributed by atoms with Crippen molar-refractivity contribution in [1.82, 2.24) is 5.32 Å². The van der Waals surface area contributed by atoms with E-state index >= 15 is 0 Å². The van der Waals surface area contributed by atoms with Crippen molar-refractivity contribution in [1.29, 1.82) is 5.26 Å². The molecule has 1 aromatic carbocycles. The monoisotopic (exact) mass is 293 g/mol. The molecule has 1 amide bonds. The Labute approximate surface area is 108 Å². The van der Waals surface area contributed by atoms with Crippen molar-refractivity contribution in [2.75, 3.05) is 24.5 Å². The van der Waals surface area contributed by atoms with Crippen LogP contribution in [0.25, 0.3) is 0 Å². The predicted molar refractivity (Wildman–Crippen MR) is 68.7 cm³/mol. The van der Waals surface area contributed by atoms with Crippen LogP contribution in [0.15, 0.2) is 22.7 Å². The lowest BCUT2D eigenvalue weighted by Gasteiger charge is -2.23. The number of nitrogens with zero attached hydrogens (tertiary/aromatic N) is 2. The average molecular weight is 294 g/mol. The highest BCUT2D eigenvalue weighted by Gasteiger charge is 2.15. The first kappa shape index (κ1) is 11.9. The fourth-order valence-electron chi connectivity index (χ4n) is 1.84.